The van der Waals surface area contributed by atoms with Gasteiger partial charge in [0.25, 0.3) is 11.6 Å². The molecular weight excluding hydrogens is 326 g/mol. The van der Waals surface area contributed by atoms with Crippen LogP contribution in [0, 0.1) is 23.0 Å². The number of hydrogen-bond donors (Lipinski definition) is 3. The first kappa shape index (κ1) is 18.7. The van der Waals surface area contributed by atoms with Gasteiger partial charge in [-0.3, -0.25) is 19.7 Å². The Morgan fingerprint density at radius 1 is 1.44 bits per heavy atom. The number of nitrogens with one attached hydrogen (secondary N) is 1. The second kappa shape index (κ2) is 7.93. The highest BCUT2D eigenvalue weighted by atomic mass is 16.6. The number of benzene rings is 1. The topological polar surface area (TPSA) is 145 Å². The molecule has 1 heterocycles. The molecule has 0 aromatic heterocycles. The number of nitro groups is 1. The molecule has 5 N–H and O–H groups in total. The number of nitro benzene ring substituents is 1. The molecule has 25 heavy (non-hydrogen) atoms. The van der Waals surface area contributed by atoms with Crippen molar-refractivity contribution >= 4 is 23.2 Å². The lowest BCUT2D eigenvalue weighted by Gasteiger charge is -2.32. The van der Waals surface area contributed by atoms with Crippen LogP contribution in [-0.2, 0) is 4.79 Å². The van der Waals surface area contributed by atoms with E-state index in [-0.39, 0.29) is 41.2 Å². The summed E-state index contributed by atoms with van der Waals surface area (Å²) in [5.41, 5.74) is 11.5. The smallest absolute Gasteiger partial charge is 0.293 e. The third-order valence-electron chi connectivity index (χ3n) is 4.25. The van der Waals surface area contributed by atoms with Gasteiger partial charge in [-0.15, -0.1) is 0 Å². The minimum absolute atomic E-state index is 0.106. The van der Waals surface area contributed by atoms with E-state index in [9.17, 15) is 19.7 Å². The molecule has 1 atom stereocenters. The number of amides is 2. The molecule has 1 aliphatic rings. The summed E-state index contributed by atoms with van der Waals surface area (Å²) in [6.45, 7) is 3.16. The number of carbonyl (C=O) groups excluding carboxylic acids is 2. The first-order valence-electron chi connectivity index (χ1n) is 8.16. The standard InChI is InChI=1S/C16H23N5O4/c1-10-7-12(14(18)13(8-10)21(24)25)16(23)20-6-2-3-11(9-20)15(22)19-5-4-17/h7-8,11H,2-6,9,17-18H2,1H3,(H,19,22). The molecule has 2 amide bonds. The number of likely N-dealkylation sites (tertiary alicyclic amines) is 1. The van der Waals surface area contributed by atoms with Crippen molar-refractivity contribution in [2.45, 2.75) is 19.8 Å². The van der Waals surface area contributed by atoms with Crippen LogP contribution in [0.5, 0.6) is 0 Å². The molecule has 2 rings (SSSR count). The Bertz CT molecular complexity index is 691. The number of nitrogen functional groups attached to an aromatic ring is 1. The molecule has 1 aliphatic heterocycles. The average Bonchev–Trinajstić information content (AvgIpc) is 2.60. The Kier molecular flexibility index (Phi) is 5.92. The molecule has 0 spiro atoms. The number of hydrogen-bond acceptors (Lipinski definition) is 6. The maximum Gasteiger partial charge on any atom is 0.293 e. The van der Waals surface area contributed by atoms with Gasteiger partial charge in [-0.1, -0.05) is 0 Å². The summed E-state index contributed by atoms with van der Waals surface area (Å²) in [7, 11) is 0. The summed E-state index contributed by atoms with van der Waals surface area (Å²) in [6.07, 6.45) is 1.36. The maximum atomic E-state index is 12.8. The lowest BCUT2D eigenvalue weighted by atomic mass is 9.96. The second-order valence-electron chi connectivity index (χ2n) is 6.17. The first-order chi connectivity index (χ1) is 11.8. The van der Waals surface area contributed by atoms with Crippen molar-refractivity contribution < 1.29 is 14.5 Å². The van der Waals surface area contributed by atoms with Gasteiger partial charge in [-0.25, -0.2) is 0 Å². The van der Waals surface area contributed by atoms with Gasteiger partial charge in [0.2, 0.25) is 5.91 Å². The van der Waals surface area contributed by atoms with E-state index in [2.05, 4.69) is 5.32 Å². The van der Waals surface area contributed by atoms with Gasteiger partial charge in [0, 0.05) is 32.2 Å². The van der Waals surface area contributed by atoms with E-state index in [1.54, 1.807) is 13.0 Å². The zero-order valence-corrected chi connectivity index (χ0v) is 14.2. The van der Waals surface area contributed by atoms with Gasteiger partial charge >= 0.3 is 0 Å². The third kappa shape index (κ3) is 4.24. The predicted octanol–water partition coefficient (Wildman–Crippen LogP) is 0.413. The van der Waals surface area contributed by atoms with Crippen molar-refractivity contribution in [3.63, 3.8) is 0 Å². The first-order valence-corrected chi connectivity index (χ1v) is 8.16. The van der Waals surface area contributed by atoms with E-state index < -0.39 is 4.92 Å². The fourth-order valence-corrected chi connectivity index (χ4v) is 2.99. The zero-order chi connectivity index (χ0) is 18.6. The lowest BCUT2D eigenvalue weighted by molar-refractivity contribution is -0.384. The van der Waals surface area contributed by atoms with Crippen LogP contribution in [-0.4, -0.2) is 47.8 Å². The Morgan fingerprint density at radius 2 is 2.16 bits per heavy atom. The number of aryl methyl sites for hydroxylation is 1. The van der Waals surface area contributed by atoms with Crippen molar-refractivity contribution in [3.05, 3.63) is 33.4 Å². The van der Waals surface area contributed by atoms with Crippen LogP contribution in [0.15, 0.2) is 12.1 Å². The summed E-state index contributed by atoms with van der Waals surface area (Å²) in [5, 5.41) is 13.8. The molecule has 136 valence electrons. The van der Waals surface area contributed by atoms with Crippen LogP contribution in [0.4, 0.5) is 11.4 Å². The second-order valence-corrected chi connectivity index (χ2v) is 6.17. The highest BCUT2D eigenvalue weighted by molar-refractivity contribution is 6.01. The molecule has 0 saturated carbocycles. The van der Waals surface area contributed by atoms with Crippen molar-refractivity contribution in [2.24, 2.45) is 11.7 Å². The van der Waals surface area contributed by atoms with Crippen LogP contribution in [0.3, 0.4) is 0 Å². The Morgan fingerprint density at radius 3 is 2.80 bits per heavy atom. The molecule has 1 unspecified atom stereocenters. The van der Waals surface area contributed by atoms with E-state index in [1.807, 2.05) is 0 Å². The molecular formula is C16H23N5O4. The number of carbonyl (C=O) groups is 2. The number of nitrogens with two attached hydrogens (primary N) is 2. The molecule has 1 saturated heterocycles. The van der Waals surface area contributed by atoms with Gasteiger partial charge in [0.15, 0.2) is 0 Å². The molecule has 1 fully saturated rings. The minimum Gasteiger partial charge on any atom is -0.393 e. The maximum absolute atomic E-state index is 12.8. The fourth-order valence-electron chi connectivity index (χ4n) is 2.99. The fraction of sp³-hybridized carbons (Fsp3) is 0.500. The van der Waals surface area contributed by atoms with Crippen LogP contribution in [0.25, 0.3) is 0 Å². The van der Waals surface area contributed by atoms with E-state index in [4.69, 9.17) is 11.5 Å². The van der Waals surface area contributed by atoms with E-state index in [1.165, 1.54) is 11.0 Å². The zero-order valence-electron chi connectivity index (χ0n) is 14.2. The van der Waals surface area contributed by atoms with Gasteiger partial charge < -0.3 is 21.7 Å². The van der Waals surface area contributed by atoms with Crippen LogP contribution < -0.4 is 16.8 Å². The van der Waals surface area contributed by atoms with Gasteiger partial charge in [0.05, 0.1) is 16.4 Å². The lowest BCUT2D eigenvalue weighted by Crippen LogP contribution is -2.46. The van der Waals surface area contributed by atoms with Crippen molar-refractivity contribution in [1.82, 2.24) is 10.2 Å². The quantitative estimate of drug-likeness (QED) is 0.399. The molecule has 0 bridgehead atoms. The van der Waals surface area contributed by atoms with E-state index in [0.29, 0.717) is 38.0 Å². The largest absolute Gasteiger partial charge is 0.393 e. The Labute approximate surface area is 145 Å². The Hall–Kier alpha value is -2.68. The SMILES string of the molecule is Cc1cc(C(=O)N2CCCC(C(=O)NCCN)C2)c(N)c([N+](=O)[O-])c1. The molecule has 0 radical (unpaired) electrons. The summed E-state index contributed by atoms with van der Waals surface area (Å²) >= 11 is 0. The van der Waals surface area contributed by atoms with Crippen LogP contribution in [0.1, 0.15) is 28.8 Å². The number of nitrogens with zero attached hydrogens (tertiary/aromatic N) is 2. The highest BCUT2D eigenvalue weighted by Gasteiger charge is 2.31. The van der Waals surface area contributed by atoms with Gasteiger partial charge in [-0.05, 0) is 31.4 Å². The Balaban J connectivity index is 2.20. The van der Waals surface area contributed by atoms with Gasteiger partial charge in [-0.2, -0.15) is 0 Å². The van der Waals surface area contributed by atoms with Crippen molar-refractivity contribution in [1.29, 1.82) is 0 Å². The summed E-state index contributed by atoms with van der Waals surface area (Å²) < 4.78 is 0. The number of anilines is 1. The highest BCUT2D eigenvalue weighted by Crippen LogP contribution is 2.29. The normalized spacial score (nSPS) is 17.2. The third-order valence-corrected chi connectivity index (χ3v) is 4.25. The average molecular weight is 349 g/mol. The number of rotatable bonds is 5. The summed E-state index contributed by atoms with van der Waals surface area (Å²) in [5.74, 6) is -0.836. The van der Waals surface area contributed by atoms with Crippen LogP contribution >= 0.6 is 0 Å². The molecule has 1 aromatic carbocycles. The number of piperidine rings is 1. The van der Waals surface area contributed by atoms with Crippen molar-refractivity contribution in [3.8, 4) is 0 Å². The van der Waals surface area contributed by atoms with E-state index >= 15 is 0 Å². The molecule has 1 aromatic rings. The minimum atomic E-state index is -0.599. The van der Waals surface area contributed by atoms with Crippen molar-refractivity contribution in [2.75, 3.05) is 31.9 Å². The molecule has 9 heteroatoms. The monoisotopic (exact) mass is 349 g/mol. The van der Waals surface area contributed by atoms with Crippen LogP contribution in [0.2, 0.25) is 0 Å². The summed E-state index contributed by atoms with van der Waals surface area (Å²) in [4.78, 5) is 36.9. The molecule has 9 nitrogen and oxygen atoms in total. The van der Waals surface area contributed by atoms with Gasteiger partial charge in [0.1, 0.15) is 5.69 Å². The van der Waals surface area contributed by atoms with E-state index in [0.717, 1.165) is 0 Å². The predicted molar refractivity (Wildman–Crippen MR) is 92.9 cm³/mol. The summed E-state index contributed by atoms with van der Waals surface area (Å²) in [6, 6.07) is 2.88. The molecule has 0 aliphatic carbocycles.